The van der Waals surface area contributed by atoms with Gasteiger partial charge in [0.25, 0.3) is 11.6 Å². The fourth-order valence-electron chi connectivity index (χ4n) is 2.17. The molecule has 0 aliphatic heterocycles. The van der Waals surface area contributed by atoms with E-state index >= 15 is 0 Å². The molecule has 0 fully saturated rings. The molecule has 8 heteroatoms. The van der Waals surface area contributed by atoms with Crippen molar-refractivity contribution in [2.45, 2.75) is 6.92 Å². The summed E-state index contributed by atoms with van der Waals surface area (Å²) in [6.07, 6.45) is 1.28. The zero-order chi connectivity index (χ0) is 19.3. The molecule has 0 bridgehead atoms. The summed E-state index contributed by atoms with van der Waals surface area (Å²) in [7, 11) is 1.47. The van der Waals surface area contributed by atoms with Gasteiger partial charge in [0, 0.05) is 17.3 Å². The molecular formula is C18H14ClN3O4. The zero-order valence-corrected chi connectivity index (χ0v) is 14.7. The van der Waals surface area contributed by atoms with Crippen LogP contribution in [0.5, 0.6) is 5.75 Å². The van der Waals surface area contributed by atoms with Crippen molar-refractivity contribution in [1.29, 1.82) is 5.26 Å². The second kappa shape index (κ2) is 8.14. The maximum atomic E-state index is 12.3. The number of ether oxygens (including phenoxy) is 1. The lowest BCUT2D eigenvalue weighted by molar-refractivity contribution is -0.385. The molecule has 0 unspecified atom stereocenters. The van der Waals surface area contributed by atoms with Gasteiger partial charge in [-0.2, -0.15) is 5.26 Å². The van der Waals surface area contributed by atoms with Gasteiger partial charge in [0.05, 0.1) is 17.1 Å². The molecule has 0 heterocycles. The summed E-state index contributed by atoms with van der Waals surface area (Å²) >= 11 is 6.00. The van der Waals surface area contributed by atoms with Gasteiger partial charge >= 0.3 is 0 Å². The molecule has 1 amide bonds. The van der Waals surface area contributed by atoms with Crippen LogP contribution in [0.3, 0.4) is 0 Å². The van der Waals surface area contributed by atoms with E-state index in [1.54, 1.807) is 37.3 Å². The Morgan fingerprint density at radius 3 is 2.65 bits per heavy atom. The van der Waals surface area contributed by atoms with E-state index in [1.165, 1.54) is 25.3 Å². The van der Waals surface area contributed by atoms with E-state index in [0.29, 0.717) is 27.6 Å². The average Bonchev–Trinajstić information content (AvgIpc) is 2.60. The van der Waals surface area contributed by atoms with Crippen LogP contribution in [0.1, 0.15) is 11.1 Å². The first kappa shape index (κ1) is 19.0. The lowest BCUT2D eigenvalue weighted by atomic mass is 10.1. The highest BCUT2D eigenvalue weighted by atomic mass is 35.5. The van der Waals surface area contributed by atoms with Crippen molar-refractivity contribution in [2.75, 3.05) is 12.4 Å². The number of halogens is 1. The lowest BCUT2D eigenvalue weighted by Crippen LogP contribution is -2.13. The van der Waals surface area contributed by atoms with Crippen LogP contribution in [0.25, 0.3) is 6.08 Å². The van der Waals surface area contributed by atoms with Crippen LogP contribution in [0, 0.1) is 28.4 Å². The van der Waals surface area contributed by atoms with Crippen molar-refractivity contribution in [3.8, 4) is 11.8 Å². The van der Waals surface area contributed by atoms with E-state index in [0.717, 1.165) is 0 Å². The number of nitrogens with zero attached hydrogens (tertiary/aromatic N) is 2. The predicted octanol–water partition coefficient (Wildman–Crippen LogP) is 4.11. The molecule has 7 nitrogen and oxygen atoms in total. The normalized spacial score (nSPS) is 10.8. The standard InChI is InChI=1S/C18H14ClN3O4/c1-11-3-4-12(8-16(11)22(24)25)7-13(10-20)18(23)21-14-5-6-17(26-2)15(19)9-14/h3-9H,1-2H3,(H,21,23)/b13-7+. The van der Waals surface area contributed by atoms with E-state index < -0.39 is 10.8 Å². The third kappa shape index (κ3) is 4.37. The van der Waals surface area contributed by atoms with Crippen molar-refractivity contribution in [3.05, 3.63) is 68.2 Å². The number of carbonyl (C=O) groups excluding carboxylic acids is 1. The maximum Gasteiger partial charge on any atom is 0.272 e. The topological polar surface area (TPSA) is 105 Å². The largest absolute Gasteiger partial charge is 0.495 e. The number of nitro benzene ring substituents is 1. The molecular weight excluding hydrogens is 358 g/mol. The van der Waals surface area contributed by atoms with Gasteiger partial charge in [-0.3, -0.25) is 14.9 Å². The van der Waals surface area contributed by atoms with Crippen molar-refractivity contribution >= 4 is 35.0 Å². The smallest absolute Gasteiger partial charge is 0.272 e. The Hall–Kier alpha value is -3.37. The maximum absolute atomic E-state index is 12.3. The fourth-order valence-corrected chi connectivity index (χ4v) is 2.43. The third-order valence-corrected chi connectivity index (χ3v) is 3.81. The molecule has 0 aromatic heterocycles. The highest BCUT2D eigenvalue weighted by Gasteiger charge is 2.14. The monoisotopic (exact) mass is 371 g/mol. The molecule has 2 aromatic carbocycles. The van der Waals surface area contributed by atoms with Crippen LogP contribution in [0.4, 0.5) is 11.4 Å². The Labute approximate surface area is 154 Å². The number of nitrogens with one attached hydrogen (secondary N) is 1. The minimum Gasteiger partial charge on any atom is -0.495 e. The SMILES string of the molecule is COc1ccc(NC(=O)/C(C#N)=C/c2ccc(C)c([N+](=O)[O-])c2)cc1Cl. The highest BCUT2D eigenvalue weighted by Crippen LogP contribution is 2.27. The summed E-state index contributed by atoms with van der Waals surface area (Å²) in [5, 5.41) is 23.1. The minimum atomic E-state index is -0.656. The van der Waals surface area contributed by atoms with Gasteiger partial charge < -0.3 is 10.1 Å². The molecule has 132 valence electrons. The summed E-state index contributed by atoms with van der Waals surface area (Å²) in [6.45, 7) is 1.61. The molecule has 0 aliphatic rings. The molecule has 0 aliphatic carbocycles. The Balaban J connectivity index is 2.27. The molecule has 0 saturated heterocycles. The van der Waals surface area contributed by atoms with E-state index in [9.17, 15) is 20.2 Å². The van der Waals surface area contributed by atoms with Crippen LogP contribution >= 0.6 is 11.6 Å². The van der Waals surface area contributed by atoms with Crippen LogP contribution in [-0.2, 0) is 4.79 Å². The Kier molecular flexibility index (Phi) is 5.94. The van der Waals surface area contributed by atoms with E-state index in [1.807, 2.05) is 0 Å². The fraction of sp³-hybridized carbons (Fsp3) is 0.111. The van der Waals surface area contributed by atoms with E-state index in [4.69, 9.17) is 16.3 Å². The third-order valence-electron chi connectivity index (χ3n) is 3.52. The molecule has 1 N–H and O–H groups in total. The van der Waals surface area contributed by atoms with Gasteiger partial charge in [-0.15, -0.1) is 0 Å². The van der Waals surface area contributed by atoms with Gasteiger partial charge in [-0.05, 0) is 36.8 Å². The highest BCUT2D eigenvalue weighted by molar-refractivity contribution is 6.32. The zero-order valence-electron chi connectivity index (χ0n) is 13.9. The summed E-state index contributed by atoms with van der Waals surface area (Å²) in [4.78, 5) is 22.8. The number of carbonyl (C=O) groups is 1. The molecule has 0 radical (unpaired) electrons. The first-order valence-electron chi connectivity index (χ1n) is 7.37. The number of anilines is 1. The van der Waals surface area contributed by atoms with Gasteiger partial charge in [0.2, 0.25) is 0 Å². The van der Waals surface area contributed by atoms with Crippen molar-refractivity contribution in [2.24, 2.45) is 0 Å². The van der Waals surface area contributed by atoms with Crippen LogP contribution in [0.2, 0.25) is 5.02 Å². The van der Waals surface area contributed by atoms with Gasteiger partial charge in [-0.1, -0.05) is 23.7 Å². The Morgan fingerprint density at radius 2 is 2.08 bits per heavy atom. The Morgan fingerprint density at radius 1 is 1.35 bits per heavy atom. The average molecular weight is 372 g/mol. The predicted molar refractivity (Wildman–Crippen MR) is 98.1 cm³/mol. The van der Waals surface area contributed by atoms with Crippen molar-refractivity contribution < 1.29 is 14.5 Å². The van der Waals surface area contributed by atoms with Gasteiger partial charge in [0.15, 0.2) is 0 Å². The van der Waals surface area contributed by atoms with Crippen LogP contribution in [-0.4, -0.2) is 17.9 Å². The van der Waals surface area contributed by atoms with Gasteiger partial charge in [0.1, 0.15) is 17.4 Å². The number of hydrogen-bond donors (Lipinski definition) is 1. The first-order chi connectivity index (χ1) is 12.3. The number of aryl methyl sites for hydroxylation is 1. The second-order valence-electron chi connectivity index (χ2n) is 5.28. The van der Waals surface area contributed by atoms with E-state index in [2.05, 4.69) is 5.32 Å². The summed E-state index contributed by atoms with van der Waals surface area (Å²) in [5.74, 6) is -0.204. The summed E-state index contributed by atoms with van der Waals surface area (Å²) in [6, 6.07) is 10.9. The second-order valence-corrected chi connectivity index (χ2v) is 5.68. The molecule has 0 saturated carbocycles. The molecule has 0 spiro atoms. The molecule has 2 rings (SSSR count). The number of benzene rings is 2. The molecule has 2 aromatic rings. The van der Waals surface area contributed by atoms with Crippen LogP contribution in [0.15, 0.2) is 42.0 Å². The number of methoxy groups -OCH3 is 1. The van der Waals surface area contributed by atoms with Crippen molar-refractivity contribution in [1.82, 2.24) is 0 Å². The first-order valence-corrected chi connectivity index (χ1v) is 7.75. The Bertz CT molecular complexity index is 948. The van der Waals surface area contributed by atoms with Gasteiger partial charge in [-0.25, -0.2) is 0 Å². The lowest BCUT2D eigenvalue weighted by Gasteiger charge is -2.07. The molecule has 26 heavy (non-hydrogen) atoms. The van der Waals surface area contributed by atoms with Crippen LogP contribution < -0.4 is 10.1 Å². The summed E-state index contributed by atoms with van der Waals surface area (Å²) < 4.78 is 5.03. The van der Waals surface area contributed by atoms with E-state index in [-0.39, 0.29) is 11.3 Å². The minimum absolute atomic E-state index is 0.0848. The number of hydrogen-bond acceptors (Lipinski definition) is 5. The number of nitriles is 1. The quantitative estimate of drug-likeness (QED) is 0.368. The number of amides is 1. The number of rotatable bonds is 5. The van der Waals surface area contributed by atoms with Crippen molar-refractivity contribution in [3.63, 3.8) is 0 Å². The molecule has 0 atom stereocenters. The summed E-state index contributed by atoms with van der Waals surface area (Å²) in [5.41, 5.74) is 0.968. The number of nitro groups is 1.